The molecule has 3 aliphatic rings. The van der Waals surface area contributed by atoms with Crippen LogP contribution >= 0.6 is 0 Å². The molecule has 7 rings (SSSR count). The molecule has 50 heavy (non-hydrogen) atoms. The van der Waals surface area contributed by atoms with Crippen LogP contribution < -0.4 is 0 Å². The number of nitrogens with zero attached hydrogens (tertiary/aromatic N) is 1. The number of hydrogen-bond donors (Lipinski definition) is 0. The average molecular weight is 650 g/mol. The lowest BCUT2D eigenvalue weighted by molar-refractivity contribution is 0.595. The summed E-state index contributed by atoms with van der Waals surface area (Å²) < 4.78 is 0. The molecule has 4 atom stereocenters. The van der Waals surface area contributed by atoms with Crippen LogP contribution in [0.1, 0.15) is 84.6 Å². The quantitative estimate of drug-likeness (QED) is 0.0921. The van der Waals surface area contributed by atoms with E-state index in [2.05, 4.69) is 183 Å². The number of benzene rings is 4. The van der Waals surface area contributed by atoms with E-state index < -0.39 is 0 Å². The largest absolute Gasteiger partial charge is 0.257 e. The van der Waals surface area contributed by atoms with Gasteiger partial charge in [0.25, 0.3) is 0 Å². The Labute approximate surface area is 299 Å². The summed E-state index contributed by atoms with van der Waals surface area (Å²) in [6.45, 7) is 6.68. The zero-order valence-electron chi connectivity index (χ0n) is 29.2. The predicted molar refractivity (Wildman–Crippen MR) is 214 cm³/mol. The van der Waals surface area contributed by atoms with Crippen LogP contribution in [0.2, 0.25) is 0 Å². The van der Waals surface area contributed by atoms with Gasteiger partial charge in [0, 0.05) is 34.9 Å². The third kappa shape index (κ3) is 7.63. The van der Waals surface area contributed by atoms with Crippen LogP contribution in [0.25, 0.3) is 11.3 Å². The van der Waals surface area contributed by atoms with Gasteiger partial charge < -0.3 is 0 Å². The van der Waals surface area contributed by atoms with E-state index in [4.69, 9.17) is 4.99 Å². The van der Waals surface area contributed by atoms with E-state index in [0.29, 0.717) is 11.8 Å². The highest BCUT2D eigenvalue weighted by molar-refractivity contribution is 5.93. The van der Waals surface area contributed by atoms with Crippen molar-refractivity contribution in [3.8, 4) is 0 Å². The van der Waals surface area contributed by atoms with Crippen molar-refractivity contribution in [2.24, 2.45) is 10.9 Å². The molecule has 3 aliphatic carbocycles. The molecule has 0 saturated carbocycles. The SMILES string of the molecule is C=C(/C=C(\N=C(/CC)C1C=CC(c2ccc(C3C(c4ccccc4)=CC=CC3c3ccccc3)cc2)CC1)c1ccccc1)C1=CC=CCC1. The molecule has 248 valence electrons. The van der Waals surface area contributed by atoms with Gasteiger partial charge in [0.15, 0.2) is 0 Å². The molecule has 0 heterocycles. The molecule has 0 amide bonds. The van der Waals surface area contributed by atoms with Crippen LogP contribution in [0.3, 0.4) is 0 Å². The third-order valence-corrected chi connectivity index (χ3v) is 10.5. The lowest BCUT2D eigenvalue weighted by Crippen LogP contribution is -2.17. The van der Waals surface area contributed by atoms with Crippen molar-refractivity contribution in [1.82, 2.24) is 0 Å². The number of rotatable bonds is 10. The molecule has 4 aromatic rings. The standard InChI is InChI=1S/C49H47N/c1-3-47(50-48(42-23-14-7-15-24-42)35-36(2)37-17-8-4-9-18-37)43-31-27-38(28-32-43)39-29-33-44(34-30-39)49-45(40-19-10-5-11-20-40)25-16-26-46(49)41-21-12-6-13-22-41/h4-8,10-17,19-27,29-31,33-35,38,43,45,49H,2-3,9,18,28,32H2,1H3/b48-35-,50-47+. The summed E-state index contributed by atoms with van der Waals surface area (Å²) in [4.78, 5) is 5.36. The first-order valence-corrected chi connectivity index (χ1v) is 18.3. The average Bonchev–Trinajstić information content (AvgIpc) is 3.20. The molecule has 0 N–H and O–H groups in total. The van der Waals surface area contributed by atoms with Gasteiger partial charge in [0.1, 0.15) is 0 Å². The Hall–Kier alpha value is -5.27. The number of hydrogen-bond acceptors (Lipinski definition) is 1. The molecular formula is C49H47N. The molecule has 4 aromatic carbocycles. The highest BCUT2D eigenvalue weighted by atomic mass is 14.8. The van der Waals surface area contributed by atoms with Gasteiger partial charge in [-0.3, -0.25) is 4.99 Å². The lowest BCUT2D eigenvalue weighted by Gasteiger charge is -2.31. The molecule has 0 aliphatic heterocycles. The van der Waals surface area contributed by atoms with Crippen molar-refractivity contribution in [2.45, 2.75) is 56.8 Å². The molecule has 1 nitrogen and oxygen atoms in total. The van der Waals surface area contributed by atoms with E-state index in [1.165, 1.54) is 39.1 Å². The summed E-state index contributed by atoms with van der Waals surface area (Å²) in [6, 6.07) is 41.9. The summed E-state index contributed by atoms with van der Waals surface area (Å²) in [5.41, 5.74) is 12.5. The van der Waals surface area contributed by atoms with E-state index in [9.17, 15) is 0 Å². The van der Waals surface area contributed by atoms with Crippen molar-refractivity contribution in [1.29, 1.82) is 0 Å². The maximum absolute atomic E-state index is 5.36. The summed E-state index contributed by atoms with van der Waals surface area (Å²) in [7, 11) is 0. The molecular weight excluding hydrogens is 603 g/mol. The fourth-order valence-corrected chi connectivity index (χ4v) is 7.78. The van der Waals surface area contributed by atoms with Crippen molar-refractivity contribution in [3.05, 3.63) is 215 Å². The molecule has 0 spiro atoms. The fourth-order valence-electron chi connectivity index (χ4n) is 7.78. The van der Waals surface area contributed by atoms with Gasteiger partial charge in [-0.25, -0.2) is 0 Å². The van der Waals surface area contributed by atoms with Gasteiger partial charge >= 0.3 is 0 Å². The minimum absolute atomic E-state index is 0.252. The van der Waals surface area contributed by atoms with Gasteiger partial charge in [0.05, 0.1) is 5.70 Å². The monoisotopic (exact) mass is 649 g/mol. The van der Waals surface area contributed by atoms with Crippen LogP contribution in [0.5, 0.6) is 0 Å². The van der Waals surface area contributed by atoms with E-state index >= 15 is 0 Å². The Morgan fingerprint density at radius 3 is 2.08 bits per heavy atom. The van der Waals surface area contributed by atoms with Crippen LogP contribution in [-0.4, -0.2) is 5.71 Å². The first kappa shape index (κ1) is 33.2. The maximum atomic E-state index is 5.36. The zero-order valence-corrected chi connectivity index (χ0v) is 29.2. The van der Waals surface area contributed by atoms with E-state index in [-0.39, 0.29) is 11.8 Å². The molecule has 0 radical (unpaired) electrons. The van der Waals surface area contributed by atoms with Crippen LogP contribution in [-0.2, 0) is 0 Å². The minimum Gasteiger partial charge on any atom is -0.257 e. The normalized spacial score (nSPS) is 22.2. The van der Waals surface area contributed by atoms with Crippen molar-refractivity contribution < 1.29 is 0 Å². The van der Waals surface area contributed by atoms with Crippen LogP contribution in [0.15, 0.2) is 193 Å². The first-order valence-electron chi connectivity index (χ1n) is 18.3. The van der Waals surface area contributed by atoms with Gasteiger partial charge in [-0.05, 0) is 77.2 Å². The van der Waals surface area contributed by atoms with Crippen molar-refractivity contribution in [2.75, 3.05) is 0 Å². The van der Waals surface area contributed by atoms with Gasteiger partial charge in [-0.1, -0.05) is 177 Å². The van der Waals surface area contributed by atoms with E-state index in [0.717, 1.165) is 48.9 Å². The Morgan fingerprint density at radius 2 is 1.42 bits per heavy atom. The van der Waals surface area contributed by atoms with Crippen molar-refractivity contribution in [3.63, 3.8) is 0 Å². The van der Waals surface area contributed by atoms with Crippen molar-refractivity contribution >= 4 is 17.0 Å². The number of allylic oxidation sites excluding steroid dienone is 12. The smallest absolute Gasteiger partial charge is 0.0707 e. The predicted octanol–water partition coefficient (Wildman–Crippen LogP) is 13.0. The van der Waals surface area contributed by atoms with E-state index in [1.807, 2.05) is 0 Å². The first-order chi connectivity index (χ1) is 24.7. The Kier molecular flexibility index (Phi) is 10.6. The number of aliphatic imine (C=N–C) groups is 1. The molecule has 0 saturated heterocycles. The van der Waals surface area contributed by atoms with Gasteiger partial charge in [-0.15, -0.1) is 0 Å². The third-order valence-electron chi connectivity index (χ3n) is 10.5. The topological polar surface area (TPSA) is 12.4 Å². The second-order valence-electron chi connectivity index (χ2n) is 13.7. The van der Waals surface area contributed by atoms with Crippen LogP contribution in [0.4, 0.5) is 0 Å². The highest BCUT2D eigenvalue weighted by Crippen LogP contribution is 2.46. The summed E-state index contributed by atoms with van der Waals surface area (Å²) in [5.74, 6) is 1.29. The Bertz CT molecular complexity index is 1980. The van der Waals surface area contributed by atoms with Gasteiger partial charge in [-0.2, -0.15) is 0 Å². The molecule has 1 heteroatoms. The van der Waals surface area contributed by atoms with Gasteiger partial charge in [0.2, 0.25) is 0 Å². The second kappa shape index (κ2) is 16.0. The molecule has 0 fully saturated rings. The Morgan fingerprint density at radius 1 is 0.720 bits per heavy atom. The molecule has 4 unspecified atom stereocenters. The summed E-state index contributed by atoms with van der Waals surface area (Å²) >= 11 is 0. The lowest BCUT2D eigenvalue weighted by atomic mass is 9.72. The second-order valence-corrected chi connectivity index (χ2v) is 13.7. The molecule has 0 aromatic heterocycles. The molecule has 0 bridgehead atoms. The summed E-state index contributed by atoms with van der Waals surface area (Å²) in [5, 5.41) is 0. The Balaban J connectivity index is 1.12. The minimum atomic E-state index is 0.252. The zero-order chi connectivity index (χ0) is 34.1. The fraction of sp³-hybridized carbons (Fsp3) is 0.204. The highest BCUT2D eigenvalue weighted by Gasteiger charge is 2.29. The maximum Gasteiger partial charge on any atom is 0.0707 e. The van der Waals surface area contributed by atoms with Crippen LogP contribution in [0, 0.1) is 5.92 Å². The van der Waals surface area contributed by atoms with E-state index in [1.54, 1.807) is 0 Å². The summed E-state index contributed by atoms with van der Waals surface area (Å²) in [6.07, 6.45) is 25.8.